The van der Waals surface area contributed by atoms with E-state index in [1.807, 2.05) is 4.72 Å². The van der Waals surface area contributed by atoms with E-state index in [0.717, 1.165) is 18.2 Å². The largest absolute Gasteiger partial charge is 0.396 e. The van der Waals surface area contributed by atoms with E-state index in [0.29, 0.717) is 12.1 Å². The maximum atomic E-state index is 13.6. The fraction of sp³-hybridized carbons (Fsp3) is 0. The van der Waals surface area contributed by atoms with Gasteiger partial charge in [-0.2, -0.15) is 0 Å². The normalized spacial score (nSPS) is 11.4. The van der Waals surface area contributed by atoms with Crippen LogP contribution in [0, 0.1) is 17.5 Å². The van der Waals surface area contributed by atoms with Crippen molar-refractivity contribution in [3.63, 3.8) is 0 Å². The van der Waals surface area contributed by atoms with Gasteiger partial charge in [-0.1, -0.05) is 11.6 Å². The van der Waals surface area contributed by atoms with E-state index in [1.165, 1.54) is 0 Å². The van der Waals surface area contributed by atoms with Gasteiger partial charge < -0.3 is 5.73 Å². The zero-order valence-electron chi connectivity index (χ0n) is 10.2. The molecule has 4 nitrogen and oxygen atoms in total. The van der Waals surface area contributed by atoms with Crippen LogP contribution in [0.3, 0.4) is 0 Å². The summed E-state index contributed by atoms with van der Waals surface area (Å²) in [6.45, 7) is 0. The summed E-state index contributed by atoms with van der Waals surface area (Å²) in [6, 6.07) is 3.93. The molecule has 0 bridgehead atoms. The Morgan fingerprint density at radius 2 is 1.71 bits per heavy atom. The molecule has 0 aliphatic carbocycles. The van der Waals surface area contributed by atoms with Gasteiger partial charge in [0.25, 0.3) is 10.0 Å². The molecule has 0 atom stereocenters. The summed E-state index contributed by atoms with van der Waals surface area (Å²) in [7, 11) is -4.40. The van der Waals surface area contributed by atoms with Crippen LogP contribution in [0.4, 0.5) is 24.5 Å². The van der Waals surface area contributed by atoms with Crippen molar-refractivity contribution in [1.82, 2.24) is 0 Å². The number of sulfonamides is 1. The number of benzene rings is 2. The Kier molecular flexibility index (Phi) is 4.02. The maximum Gasteiger partial charge on any atom is 0.264 e. The van der Waals surface area contributed by atoms with E-state index in [9.17, 15) is 21.6 Å². The Balaban J connectivity index is 2.46. The third-order valence-electron chi connectivity index (χ3n) is 2.52. The summed E-state index contributed by atoms with van der Waals surface area (Å²) < 4.78 is 65.6. The van der Waals surface area contributed by atoms with Gasteiger partial charge in [0.1, 0.15) is 22.3 Å². The Labute approximate surface area is 123 Å². The summed E-state index contributed by atoms with van der Waals surface area (Å²) >= 11 is 5.67. The van der Waals surface area contributed by atoms with Gasteiger partial charge in [-0.25, -0.2) is 21.6 Å². The van der Waals surface area contributed by atoms with Crippen LogP contribution in [0.5, 0.6) is 0 Å². The van der Waals surface area contributed by atoms with E-state index in [2.05, 4.69) is 0 Å². The second-order valence-corrected chi connectivity index (χ2v) is 6.09. The van der Waals surface area contributed by atoms with E-state index >= 15 is 0 Å². The van der Waals surface area contributed by atoms with Gasteiger partial charge in [-0.15, -0.1) is 0 Å². The van der Waals surface area contributed by atoms with E-state index in [4.69, 9.17) is 17.3 Å². The molecule has 3 N–H and O–H groups in total. The van der Waals surface area contributed by atoms with Gasteiger partial charge in [0.2, 0.25) is 0 Å². The van der Waals surface area contributed by atoms with Gasteiger partial charge in [0.15, 0.2) is 0 Å². The Bertz CT molecular complexity index is 812. The quantitative estimate of drug-likeness (QED) is 0.846. The number of rotatable bonds is 3. The molecular formula is C12H8ClF3N2O2S. The van der Waals surface area contributed by atoms with Gasteiger partial charge in [-0.05, 0) is 24.3 Å². The average Bonchev–Trinajstić information content (AvgIpc) is 2.37. The van der Waals surface area contributed by atoms with Crippen LogP contribution in [-0.2, 0) is 10.0 Å². The smallest absolute Gasteiger partial charge is 0.264 e. The summed E-state index contributed by atoms with van der Waals surface area (Å²) in [5, 5.41) is -0.214. The number of halogens is 4. The van der Waals surface area contributed by atoms with Crippen LogP contribution in [0.1, 0.15) is 0 Å². The predicted octanol–water partition coefficient (Wildman–Crippen LogP) is 3.14. The van der Waals surface area contributed by atoms with Crippen LogP contribution in [0.25, 0.3) is 0 Å². The molecule has 0 aromatic heterocycles. The fourth-order valence-electron chi connectivity index (χ4n) is 1.52. The van der Waals surface area contributed by atoms with Gasteiger partial charge >= 0.3 is 0 Å². The molecule has 0 saturated carbocycles. The van der Waals surface area contributed by atoms with Crippen molar-refractivity contribution >= 4 is 33.0 Å². The maximum absolute atomic E-state index is 13.6. The SMILES string of the molecule is Nc1cc(S(=O)(=O)Nc2ccc(F)cc2Cl)c(F)cc1F. The number of anilines is 2. The second-order valence-electron chi connectivity index (χ2n) is 4.03. The molecule has 0 radical (unpaired) electrons. The van der Waals surface area contributed by atoms with E-state index < -0.39 is 38.1 Å². The molecule has 2 rings (SSSR count). The fourth-order valence-corrected chi connectivity index (χ4v) is 2.97. The van der Waals surface area contributed by atoms with E-state index in [1.54, 1.807) is 0 Å². The van der Waals surface area contributed by atoms with E-state index in [-0.39, 0.29) is 10.7 Å². The first-order valence-electron chi connectivity index (χ1n) is 5.43. The van der Waals surface area contributed by atoms with Crippen molar-refractivity contribution in [3.8, 4) is 0 Å². The minimum Gasteiger partial charge on any atom is -0.396 e. The molecule has 0 unspecified atom stereocenters. The zero-order chi connectivity index (χ0) is 15.8. The number of nitrogen functional groups attached to an aromatic ring is 1. The number of hydrogen-bond donors (Lipinski definition) is 2. The zero-order valence-corrected chi connectivity index (χ0v) is 11.8. The topological polar surface area (TPSA) is 72.2 Å². The van der Waals surface area contributed by atoms with Crippen LogP contribution < -0.4 is 10.5 Å². The summed E-state index contributed by atoms with van der Waals surface area (Å²) in [5.41, 5.74) is 4.54. The molecule has 0 heterocycles. The van der Waals surface area contributed by atoms with Crippen molar-refractivity contribution in [3.05, 3.63) is 52.8 Å². The lowest BCUT2D eigenvalue weighted by Crippen LogP contribution is -2.15. The van der Waals surface area contributed by atoms with Crippen molar-refractivity contribution < 1.29 is 21.6 Å². The van der Waals surface area contributed by atoms with Crippen molar-refractivity contribution in [2.24, 2.45) is 0 Å². The van der Waals surface area contributed by atoms with Gasteiger partial charge in [0, 0.05) is 6.07 Å². The highest BCUT2D eigenvalue weighted by Crippen LogP contribution is 2.27. The Morgan fingerprint density at radius 1 is 1.05 bits per heavy atom. The van der Waals surface area contributed by atoms with Gasteiger partial charge in [-0.3, -0.25) is 4.72 Å². The van der Waals surface area contributed by atoms with Crippen LogP contribution in [-0.4, -0.2) is 8.42 Å². The highest BCUT2D eigenvalue weighted by molar-refractivity contribution is 7.92. The van der Waals surface area contributed by atoms with Crippen LogP contribution in [0.2, 0.25) is 5.02 Å². The molecular weight excluding hydrogens is 329 g/mol. The predicted molar refractivity (Wildman–Crippen MR) is 73.0 cm³/mol. The van der Waals surface area contributed by atoms with Crippen LogP contribution >= 0.6 is 11.6 Å². The lowest BCUT2D eigenvalue weighted by atomic mass is 10.3. The first-order chi connectivity index (χ1) is 9.70. The lowest BCUT2D eigenvalue weighted by Gasteiger charge is -2.11. The minimum atomic E-state index is -4.40. The molecule has 9 heteroatoms. The van der Waals surface area contributed by atoms with Gasteiger partial charge in [0.05, 0.1) is 16.4 Å². The number of nitrogens with two attached hydrogens (primary N) is 1. The summed E-state index contributed by atoms with van der Waals surface area (Å²) in [4.78, 5) is -0.846. The molecule has 0 spiro atoms. The average molecular weight is 337 g/mol. The number of nitrogens with one attached hydrogen (secondary N) is 1. The number of hydrogen-bond acceptors (Lipinski definition) is 3. The Morgan fingerprint density at radius 3 is 2.33 bits per heavy atom. The molecule has 112 valence electrons. The third-order valence-corrected chi connectivity index (χ3v) is 4.21. The van der Waals surface area contributed by atoms with Crippen molar-refractivity contribution in [2.75, 3.05) is 10.5 Å². The molecule has 0 fully saturated rings. The molecule has 2 aromatic rings. The van der Waals surface area contributed by atoms with Crippen LogP contribution in [0.15, 0.2) is 35.2 Å². The first kappa shape index (κ1) is 15.5. The standard InChI is InChI=1S/C12H8ClF3N2O2S/c13-7-3-6(14)1-2-11(7)18-21(19,20)12-5-10(17)8(15)4-9(12)16/h1-5,18H,17H2. The summed E-state index contributed by atoms with van der Waals surface area (Å²) in [5.74, 6) is -3.06. The second kappa shape index (κ2) is 5.45. The highest BCUT2D eigenvalue weighted by atomic mass is 35.5. The molecule has 0 aliphatic heterocycles. The van der Waals surface area contributed by atoms with Crippen molar-refractivity contribution in [2.45, 2.75) is 4.90 Å². The summed E-state index contributed by atoms with van der Waals surface area (Å²) in [6.07, 6.45) is 0. The molecule has 2 aromatic carbocycles. The molecule has 0 saturated heterocycles. The monoisotopic (exact) mass is 336 g/mol. The lowest BCUT2D eigenvalue weighted by molar-refractivity contribution is 0.553. The third kappa shape index (κ3) is 3.22. The molecule has 21 heavy (non-hydrogen) atoms. The first-order valence-corrected chi connectivity index (χ1v) is 7.29. The molecule has 0 amide bonds. The Hall–Kier alpha value is -1.93. The molecule has 0 aliphatic rings. The minimum absolute atomic E-state index is 0.152. The highest BCUT2D eigenvalue weighted by Gasteiger charge is 2.22. The van der Waals surface area contributed by atoms with Crippen molar-refractivity contribution in [1.29, 1.82) is 0 Å².